The van der Waals surface area contributed by atoms with Crippen molar-refractivity contribution in [3.8, 4) is 0 Å². The van der Waals surface area contributed by atoms with E-state index in [1.165, 1.54) is 30.1 Å². The second kappa shape index (κ2) is 5.46. The summed E-state index contributed by atoms with van der Waals surface area (Å²) in [5.41, 5.74) is 0. The number of carbonyl (C=O) groups is 1. The monoisotopic (exact) mass is 310 g/mol. The average molecular weight is 309 g/mol. The van der Waals surface area contributed by atoms with Gasteiger partial charge in [-0.1, -0.05) is 0 Å². The van der Waals surface area contributed by atoms with E-state index in [0.717, 1.165) is 0 Å². The zero-order chi connectivity index (χ0) is 12.4. The Bertz CT molecular complexity index is 418. The molecule has 2 nitrogen and oxygen atoms in total. The van der Waals surface area contributed by atoms with Gasteiger partial charge in [0, 0.05) is 0 Å². The van der Waals surface area contributed by atoms with Gasteiger partial charge in [-0.25, -0.2) is 0 Å². The summed E-state index contributed by atoms with van der Waals surface area (Å²) >= 11 is 0.430. The third-order valence-electron chi connectivity index (χ3n) is 3.87. The van der Waals surface area contributed by atoms with Crippen molar-refractivity contribution in [2.75, 3.05) is 0 Å². The first-order chi connectivity index (χ1) is 8.83. The molecule has 3 rings (SSSR count). The maximum atomic E-state index is 11.5. The Morgan fingerprint density at radius 2 is 1.89 bits per heavy atom. The number of fused-ring (bicyclic) bond motifs is 1. The second-order valence-electron chi connectivity index (χ2n) is 5.17. The van der Waals surface area contributed by atoms with Crippen LogP contribution in [0.5, 0.6) is 0 Å². The number of esters is 1. The molecule has 0 bridgehead atoms. The summed E-state index contributed by atoms with van der Waals surface area (Å²) < 4.78 is 7.04. The molecule has 2 aliphatic rings. The molecule has 3 atom stereocenters. The van der Waals surface area contributed by atoms with Crippen LogP contribution in [0.1, 0.15) is 32.1 Å². The van der Waals surface area contributed by atoms with Gasteiger partial charge in [-0.05, 0) is 0 Å². The van der Waals surface area contributed by atoms with Gasteiger partial charge in [-0.3, -0.25) is 0 Å². The van der Waals surface area contributed by atoms with Gasteiger partial charge >= 0.3 is 114 Å². The molecule has 1 aliphatic heterocycles. The Labute approximate surface area is 114 Å². The molecule has 1 aromatic rings. The van der Waals surface area contributed by atoms with Crippen LogP contribution in [0.2, 0.25) is 4.82 Å². The summed E-state index contributed by atoms with van der Waals surface area (Å²) in [5.74, 6) is 0.524. The van der Waals surface area contributed by atoms with Crippen molar-refractivity contribution in [2.24, 2.45) is 5.92 Å². The van der Waals surface area contributed by atoms with Crippen LogP contribution in [0, 0.1) is 5.92 Å². The molecule has 3 heteroatoms. The van der Waals surface area contributed by atoms with Crippen molar-refractivity contribution >= 4 is 25.4 Å². The Kier molecular flexibility index (Phi) is 3.72. The number of hydrogen-bond donors (Lipinski definition) is 0. The predicted octanol–water partition coefficient (Wildman–Crippen LogP) is 2.31. The Morgan fingerprint density at radius 3 is 2.72 bits per heavy atom. The molecular weight excluding hydrogens is 291 g/mol. The van der Waals surface area contributed by atoms with Crippen molar-refractivity contribution in [1.29, 1.82) is 0 Å². The first-order valence-electron chi connectivity index (χ1n) is 6.74. The van der Waals surface area contributed by atoms with Crippen LogP contribution in [0.3, 0.4) is 0 Å². The van der Waals surface area contributed by atoms with E-state index in [0.29, 0.717) is 32.1 Å². The van der Waals surface area contributed by atoms with E-state index in [-0.39, 0.29) is 12.1 Å². The molecule has 0 N–H and O–H groups in total. The van der Waals surface area contributed by atoms with Gasteiger partial charge in [0.05, 0.1) is 0 Å². The summed E-state index contributed by atoms with van der Waals surface area (Å²) in [5, 5.41) is 0. The molecule has 0 radical (unpaired) electrons. The maximum absolute atomic E-state index is 11.5. The van der Waals surface area contributed by atoms with Crippen molar-refractivity contribution in [2.45, 2.75) is 43.0 Å². The topological polar surface area (TPSA) is 26.3 Å². The zero-order valence-corrected chi connectivity index (χ0v) is 12.1. The fourth-order valence-corrected chi connectivity index (χ4v) is 5.84. The Hall–Kier alpha value is -0.791. The first-order valence-corrected chi connectivity index (χ1v) is 8.59. The van der Waals surface area contributed by atoms with E-state index in [1.54, 1.807) is 0 Å². The molecule has 0 amide bonds. The van der Waals surface area contributed by atoms with Crippen LogP contribution in [0.4, 0.5) is 0 Å². The van der Waals surface area contributed by atoms with Crippen molar-refractivity contribution < 1.29 is 9.53 Å². The van der Waals surface area contributed by atoms with Gasteiger partial charge in [0.25, 0.3) is 0 Å². The molecule has 1 heterocycles. The van der Waals surface area contributed by atoms with E-state index in [4.69, 9.17) is 4.74 Å². The molecule has 1 aliphatic carbocycles. The standard InChI is InChI=1S/C15H18O2Se/c16-14-10-11-6-4-5-9-13(15(11)17-14)18-12-7-2-1-3-8-12/h1-3,7-8,11,13,15H,4-6,9-10H2/t11-,13+,15+/m1/s1. The number of hydrogen-bond acceptors (Lipinski definition) is 2. The van der Waals surface area contributed by atoms with Crippen LogP contribution < -0.4 is 4.46 Å². The number of benzene rings is 1. The second-order valence-corrected chi connectivity index (χ2v) is 7.93. The van der Waals surface area contributed by atoms with Crippen molar-refractivity contribution in [3.63, 3.8) is 0 Å². The van der Waals surface area contributed by atoms with Gasteiger partial charge in [0.2, 0.25) is 0 Å². The van der Waals surface area contributed by atoms with Gasteiger partial charge in [0.1, 0.15) is 0 Å². The molecule has 0 spiro atoms. The molecule has 1 saturated heterocycles. The summed E-state index contributed by atoms with van der Waals surface area (Å²) in [6.07, 6.45) is 5.83. The average Bonchev–Trinajstić information content (AvgIpc) is 2.66. The Morgan fingerprint density at radius 1 is 1.11 bits per heavy atom. The molecule has 1 saturated carbocycles. The molecular formula is C15H18O2Se. The summed E-state index contributed by atoms with van der Waals surface area (Å²) in [4.78, 5) is 12.1. The van der Waals surface area contributed by atoms with Crippen molar-refractivity contribution in [3.05, 3.63) is 30.3 Å². The summed E-state index contributed by atoms with van der Waals surface area (Å²) in [6, 6.07) is 10.7. The van der Waals surface area contributed by atoms with Crippen LogP contribution in [-0.4, -0.2) is 27.0 Å². The van der Waals surface area contributed by atoms with Crippen LogP contribution >= 0.6 is 0 Å². The first kappa shape index (κ1) is 12.3. The molecule has 96 valence electrons. The van der Waals surface area contributed by atoms with E-state index in [1.807, 2.05) is 0 Å². The SMILES string of the molecule is O=C1C[C@H]2CCCC[C@H]([Se]c3ccccc3)[C@H]2O1. The van der Waals surface area contributed by atoms with Crippen LogP contribution in [-0.2, 0) is 9.53 Å². The normalized spacial score (nSPS) is 31.6. The van der Waals surface area contributed by atoms with Crippen molar-refractivity contribution in [1.82, 2.24) is 0 Å². The molecule has 1 aromatic carbocycles. The number of ether oxygens (including phenoxy) is 1. The van der Waals surface area contributed by atoms with Crippen LogP contribution in [0.25, 0.3) is 0 Å². The van der Waals surface area contributed by atoms with Gasteiger partial charge in [-0.2, -0.15) is 0 Å². The molecule has 0 unspecified atom stereocenters. The van der Waals surface area contributed by atoms with E-state index in [9.17, 15) is 4.79 Å². The third kappa shape index (κ3) is 2.62. The molecule has 2 fully saturated rings. The third-order valence-corrected chi connectivity index (χ3v) is 6.71. The summed E-state index contributed by atoms with van der Waals surface area (Å²) in [6.45, 7) is 0. The molecule has 18 heavy (non-hydrogen) atoms. The minimum absolute atomic E-state index is 0.0285. The van der Waals surface area contributed by atoms with Gasteiger partial charge < -0.3 is 0 Å². The van der Waals surface area contributed by atoms with E-state index in [2.05, 4.69) is 30.3 Å². The summed E-state index contributed by atoms with van der Waals surface area (Å²) in [7, 11) is 0. The minimum atomic E-state index is 0.0285. The molecule has 0 aromatic heterocycles. The van der Waals surface area contributed by atoms with E-state index >= 15 is 0 Å². The quantitative estimate of drug-likeness (QED) is 0.619. The number of carbonyl (C=O) groups excluding carboxylic acids is 1. The fourth-order valence-electron chi connectivity index (χ4n) is 2.99. The predicted molar refractivity (Wildman–Crippen MR) is 72.0 cm³/mol. The van der Waals surface area contributed by atoms with Gasteiger partial charge in [-0.15, -0.1) is 0 Å². The van der Waals surface area contributed by atoms with Crippen LogP contribution in [0.15, 0.2) is 30.3 Å². The van der Waals surface area contributed by atoms with Gasteiger partial charge in [0.15, 0.2) is 0 Å². The fraction of sp³-hybridized carbons (Fsp3) is 0.533. The Balaban J connectivity index is 1.75. The number of rotatable bonds is 2. The zero-order valence-electron chi connectivity index (χ0n) is 10.4. The van der Waals surface area contributed by atoms with E-state index < -0.39 is 0 Å².